The number of rotatable bonds is 6. The fourth-order valence-corrected chi connectivity index (χ4v) is 2.33. The molecule has 6 heteroatoms. The lowest BCUT2D eigenvalue weighted by molar-refractivity contribution is -0.384. The van der Waals surface area contributed by atoms with Gasteiger partial charge in [-0.05, 0) is 36.2 Å². The maximum Gasteiger partial charge on any atom is 0.269 e. The summed E-state index contributed by atoms with van der Waals surface area (Å²) < 4.78 is 5.12. The minimum Gasteiger partial charge on any atom is -0.453 e. The van der Waals surface area contributed by atoms with Crippen LogP contribution in [0.3, 0.4) is 0 Å². The third kappa shape index (κ3) is 3.37. The Kier molecular flexibility index (Phi) is 4.76. The van der Waals surface area contributed by atoms with Crippen LogP contribution in [-0.4, -0.2) is 11.5 Å². The lowest BCUT2D eigenvalue weighted by Crippen LogP contribution is -2.22. The van der Waals surface area contributed by atoms with E-state index in [2.05, 4.69) is 5.32 Å². The molecule has 0 saturated heterocycles. The second-order valence-electron chi connectivity index (χ2n) is 4.39. The van der Waals surface area contributed by atoms with Crippen LogP contribution >= 0.6 is 11.6 Å². The van der Waals surface area contributed by atoms with Gasteiger partial charge < -0.3 is 9.73 Å². The number of nitrogens with zero attached hydrogens (tertiary/aromatic N) is 1. The Morgan fingerprint density at radius 3 is 2.55 bits per heavy atom. The van der Waals surface area contributed by atoms with E-state index in [-0.39, 0.29) is 11.7 Å². The normalized spacial score (nSPS) is 12.3. The topological polar surface area (TPSA) is 68.3 Å². The smallest absolute Gasteiger partial charge is 0.269 e. The molecule has 0 aliphatic rings. The molecule has 0 aliphatic heterocycles. The maximum absolute atomic E-state index is 10.6. The van der Waals surface area contributed by atoms with Crippen LogP contribution in [0.4, 0.5) is 5.69 Å². The van der Waals surface area contributed by atoms with Crippen LogP contribution in [-0.2, 0) is 6.42 Å². The van der Waals surface area contributed by atoms with E-state index >= 15 is 0 Å². The van der Waals surface area contributed by atoms with E-state index < -0.39 is 4.92 Å². The first kappa shape index (κ1) is 14.6. The van der Waals surface area contributed by atoms with Gasteiger partial charge >= 0.3 is 0 Å². The van der Waals surface area contributed by atoms with Crippen molar-refractivity contribution < 1.29 is 9.34 Å². The molecule has 0 amide bonds. The second-order valence-corrected chi connectivity index (χ2v) is 4.73. The van der Waals surface area contributed by atoms with Gasteiger partial charge in [0.15, 0.2) is 5.22 Å². The number of benzene rings is 1. The van der Waals surface area contributed by atoms with E-state index in [9.17, 15) is 10.1 Å². The van der Waals surface area contributed by atoms with Crippen LogP contribution in [0, 0.1) is 10.1 Å². The molecule has 1 aromatic carbocycles. The Balaban J connectivity index is 2.16. The van der Waals surface area contributed by atoms with Crippen molar-refractivity contribution >= 4 is 17.3 Å². The number of non-ortho nitro benzene ring substituents is 1. The van der Waals surface area contributed by atoms with Crippen LogP contribution in [0.2, 0.25) is 5.22 Å². The number of nitrogens with one attached hydrogen (secondary N) is 1. The van der Waals surface area contributed by atoms with Gasteiger partial charge in [-0.25, -0.2) is 0 Å². The van der Waals surface area contributed by atoms with Crippen LogP contribution in [0.25, 0.3) is 0 Å². The van der Waals surface area contributed by atoms with Crippen molar-refractivity contribution in [3.8, 4) is 0 Å². The Hall–Kier alpha value is -1.85. The van der Waals surface area contributed by atoms with E-state index in [1.165, 1.54) is 12.1 Å². The van der Waals surface area contributed by atoms with Crippen molar-refractivity contribution in [2.45, 2.75) is 19.4 Å². The third-order valence-electron chi connectivity index (χ3n) is 3.06. The molecule has 0 aliphatic carbocycles. The molecule has 0 radical (unpaired) electrons. The summed E-state index contributed by atoms with van der Waals surface area (Å²) in [7, 11) is 0. The molecule has 0 saturated carbocycles. The maximum atomic E-state index is 10.6. The van der Waals surface area contributed by atoms with Gasteiger partial charge in [0.1, 0.15) is 0 Å². The van der Waals surface area contributed by atoms with E-state index in [0.717, 1.165) is 17.7 Å². The number of halogens is 1. The summed E-state index contributed by atoms with van der Waals surface area (Å²) in [4.78, 5) is 10.2. The molecular weight excluding hydrogens is 280 g/mol. The highest BCUT2D eigenvalue weighted by molar-refractivity contribution is 6.29. The number of hydrogen-bond donors (Lipinski definition) is 1. The van der Waals surface area contributed by atoms with Crippen molar-refractivity contribution in [3.63, 3.8) is 0 Å². The molecule has 1 heterocycles. The zero-order chi connectivity index (χ0) is 14.5. The summed E-state index contributed by atoms with van der Waals surface area (Å²) >= 11 is 6.01. The quantitative estimate of drug-likeness (QED) is 0.651. The van der Waals surface area contributed by atoms with Gasteiger partial charge in [0.25, 0.3) is 5.69 Å². The van der Waals surface area contributed by atoms with Gasteiger partial charge in [-0.15, -0.1) is 0 Å². The Morgan fingerprint density at radius 1 is 1.35 bits per heavy atom. The number of nitro benzene ring substituents is 1. The minimum absolute atomic E-state index is 0.0210. The average molecular weight is 295 g/mol. The number of likely N-dealkylation sites (N-methyl/N-ethyl adjacent to an activating group) is 1. The van der Waals surface area contributed by atoms with Gasteiger partial charge in [0.05, 0.1) is 11.2 Å². The first-order chi connectivity index (χ1) is 9.61. The Morgan fingerprint density at radius 2 is 2.05 bits per heavy atom. The predicted molar refractivity (Wildman–Crippen MR) is 76.9 cm³/mol. The predicted octanol–water partition coefficient (Wildman–Crippen LogP) is 3.73. The zero-order valence-corrected chi connectivity index (χ0v) is 11.8. The molecule has 5 nitrogen and oxygen atoms in total. The van der Waals surface area contributed by atoms with Crippen LogP contribution in [0.1, 0.15) is 24.1 Å². The van der Waals surface area contributed by atoms with Gasteiger partial charge in [-0.1, -0.05) is 19.1 Å². The van der Waals surface area contributed by atoms with Crippen molar-refractivity contribution in [3.05, 3.63) is 63.1 Å². The average Bonchev–Trinajstić information content (AvgIpc) is 2.85. The largest absolute Gasteiger partial charge is 0.453 e. The van der Waals surface area contributed by atoms with Gasteiger partial charge in [0.2, 0.25) is 0 Å². The summed E-state index contributed by atoms with van der Waals surface area (Å²) in [6.07, 6.45) is 2.24. The number of hydrogen-bond acceptors (Lipinski definition) is 4. The van der Waals surface area contributed by atoms with E-state index in [1.54, 1.807) is 18.4 Å². The molecule has 0 spiro atoms. The van der Waals surface area contributed by atoms with Crippen molar-refractivity contribution in [2.24, 2.45) is 0 Å². The minimum atomic E-state index is -0.404. The Labute approximate surface area is 121 Å². The lowest BCUT2D eigenvalue weighted by atomic mass is 10.0. The molecule has 106 valence electrons. The lowest BCUT2D eigenvalue weighted by Gasteiger charge is -2.16. The zero-order valence-electron chi connectivity index (χ0n) is 11.0. The van der Waals surface area contributed by atoms with Crippen LogP contribution in [0.5, 0.6) is 0 Å². The van der Waals surface area contributed by atoms with Gasteiger partial charge in [0, 0.05) is 23.7 Å². The highest BCUT2D eigenvalue weighted by Crippen LogP contribution is 2.27. The first-order valence-corrected chi connectivity index (χ1v) is 6.69. The summed E-state index contributed by atoms with van der Waals surface area (Å²) in [6.45, 7) is 2.80. The standard InChI is InChI=1S/C14H15ClN2O3/c1-2-16-13(12-7-8-20-14(12)15)9-10-3-5-11(6-4-10)17(18)19/h3-8,13,16H,2,9H2,1H3. The molecular formula is C14H15ClN2O3. The van der Waals surface area contributed by atoms with E-state index in [1.807, 2.05) is 13.0 Å². The summed E-state index contributed by atoms with van der Waals surface area (Å²) in [5, 5.41) is 14.3. The molecule has 0 fully saturated rings. The van der Waals surface area contributed by atoms with E-state index in [4.69, 9.17) is 16.0 Å². The van der Waals surface area contributed by atoms with Crippen molar-refractivity contribution in [2.75, 3.05) is 6.54 Å². The van der Waals surface area contributed by atoms with Crippen molar-refractivity contribution in [1.29, 1.82) is 0 Å². The highest BCUT2D eigenvalue weighted by atomic mass is 35.5. The van der Waals surface area contributed by atoms with Gasteiger partial charge in [-0.3, -0.25) is 10.1 Å². The number of nitro groups is 1. The van der Waals surface area contributed by atoms with Crippen LogP contribution in [0.15, 0.2) is 41.0 Å². The third-order valence-corrected chi connectivity index (χ3v) is 3.37. The Bertz CT molecular complexity index is 580. The van der Waals surface area contributed by atoms with Crippen LogP contribution < -0.4 is 5.32 Å². The van der Waals surface area contributed by atoms with Crippen molar-refractivity contribution in [1.82, 2.24) is 5.32 Å². The van der Waals surface area contributed by atoms with E-state index in [0.29, 0.717) is 11.6 Å². The second kappa shape index (κ2) is 6.54. The SMILES string of the molecule is CCNC(Cc1ccc([N+](=O)[O-])cc1)c1ccoc1Cl. The molecule has 2 rings (SSSR count). The molecule has 1 aromatic heterocycles. The fraction of sp³-hybridized carbons (Fsp3) is 0.286. The monoisotopic (exact) mass is 294 g/mol. The first-order valence-electron chi connectivity index (χ1n) is 6.31. The molecule has 1 atom stereocenters. The van der Waals surface area contributed by atoms with Gasteiger partial charge in [-0.2, -0.15) is 0 Å². The fourth-order valence-electron chi connectivity index (χ4n) is 2.08. The molecule has 1 unspecified atom stereocenters. The summed E-state index contributed by atoms with van der Waals surface area (Å²) in [5.74, 6) is 0. The summed E-state index contributed by atoms with van der Waals surface area (Å²) in [6, 6.07) is 8.39. The molecule has 20 heavy (non-hydrogen) atoms. The summed E-state index contributed by atoms with van der Waals surface area (Å²) in [5.41, 5.74) is 1.99. The molecule has 2 aromatic rings. The number of furan rings is 1. The highest BCUT2D eigenvalue weighted by Gasteiger charge is 2.17. The molecule has 0 bridgehead atoms. The molecule has 1 N–H and O–H groups in total.